The van der Waals surface area contributed by atoms with E-state index in [1.165, 1.54) is 48.6 Å². The molecule has 0 radical (unpaired) electrons. The van der Waals surface area contributed by atoms with Gasteiger partial charge in [0.15, 0.2) is 4.34 Å². The van der Waals surface area contributed by atoms with E-state index in [-0.39, 0.29) is 11.4 Å². The zero-order valence-electron chi connectivity index (χ0n) is 15.6. The van der Waals surface area contributed by atoms with Gasteiger partial charge in [-0.3, -0.25) is 9.69 Å². The summed E-state index contributed by atoms with van der Waals surface area (Å²) < 4.78 is 7.68. The van der Waals surface area contributed by atoms with Gasteiger partial charge in [-0.2, -0.15) is 0 Å². The predicted molar refractivity (Wildman–Crippen MR) is 112 cm³/mol. The van der Waals surface area contributed by atoms with Gasteiger partial charge in [-0.1, -0.05) is 43.2 Å². The molecule has 0 bridgehead atoms. The molecular weight excluding hydrogens is 378 g/mol. The van der Waals surface area contributed by atoms with Crippen LogP contribution in [0.15, 0.2) is 28.6 Å². The summed E-state index contributed by atoms with van der Waals surface area (Å²) in [6, 6.07) is 8.12. The van der Waals surface area contributed by atoms with Crippen LogP contribution in [-0.2, 0) is 9.53 Å². The van der Waals surface area contributed by atoms with Gasteiger partial charge in [-0.15, -0.1) is 11.3 Å². The number of fused-ring (bicyclic) bond motifs is 1. The maximum absolute atomic E-state index is 12.5. The van der Waals surface area contributed by atoms with Crippen molar-refractivity contribution in [3.05, 3.63) is 24.3 Å². The minimum absolute atomic E-state index is 0.109. The Hall–Kier alpha value is -1.15. The molecule has 1 aliphatic carbocycles. The molecule has 1 aromatic carbocycles. The number of nitrogens with one attached hydrogen (secondary N) is 1. The first-order chi connectivity index (χ1) is 13.3. The SMILES string of the molecule is O=C(CSc1nc2ccccc2s1)NCC1(N2CCOCC2)CCCCC1. The monoisotopic (exact) mass is 405 g/mol. The van der Waals surface area contributed by atoms with Crippen molar-refractivity contribution in [3.8, 4) is 0 Å². The van der Waals surface area contributed by atoms with Crippen molar-refractivity contribution in [2.45, 2.75) is 42.0 Å². The van der Waals surface area contributed by atoms with Gasteiger partial charge >= 0.3 is 0 Å². The highest BCUT2D eigenvalue weighted by Gasteiger charge is 2.38. The van der Waals surface area contributed by atoms with Crippen LogP contribution in [-0.4, -0.2) is 59.9 Å². The second-order valence-electron chi connectivity index (χ2n) is 7.40. The molecule has 1 saturated heterocycles. The fourth-order valence-electron chi connectivity index (χ4n) is 4.21. The number of carbonyl (C=O) groups excluding carboxylic acids is 1. The summed E-state index contributed by atoms with van der Waals surface area (Å²) in [5.41, 5.74) is 1.14. The van der Waals surface area contributed by atoms with E-state index in [0.29, 0.717) is 5.75 Å². The van der Waals surface area contributed by atoms with Crippen molar-refractivity contribution in [2.75, 3.05) is 38.6 Å². The average molecular weight is 406 g/mol. The van der Waals surface area contributed by atoms with E-state index in [0.717, 1.165) is 42.7 Å². The van der Waals surface area contributed by atoms with Gasteiger partial charge in [0.05, 0.1) is 29.2 Å². The summed E-state index contributed by atoms with van der Waals surface area (Å²) in [6.07, 6.45) is 6.19. The topological polar surface area (TPSA) is 54.5 Å². The first kappa shape index (κ1) is 19.2. The highest BCUT2D eigenvalue weighted by Crippen LogP contribution is 2.34. The number of thioether (sulfide) groups is 1. The molecule has 1 aliphatic heterocycles. The van der Waals surface area contributed by atoms with Gasteiger partial charge in [0.2, 0.25) is 5.91 Å². The smallest absolute Gasteiger partial charge is 0.230 e. The van der Waals surface area contributed by atoms with Crippen LogP contribution in [0.1, 0.15) is 32.1 Å². The second-order valence-corrected chi connectivity index (χ2v) is 9.65. The largest absolute Gasteiger partial charge is 0.379 e. The van der Waals surface area contributed by atoms with E-state index < -0.39 is 0 Å². The van der Waals surface area contributed by atoms with Crippen molar-refractivity contribution < 1.29 is 9.53 Å². The lowest BCUT2D eigenvalue weighted by molar-refractivity contribution is -0.119. The van der Waals surface area contributed by atoms with Crippen molar-refractivity contribution in [1.82, 2.24) is 15.2 Å². The van der Waals surface area contributed by atoms with Crippen LogP contribution >= 0.6 is 23.1 Å². The van der Waals surface area contributed by atoms with Gasteiger partial charge in [0.1, 0.15) is 0 Å². The highest BCUT2D eigenvalue weighted by atomic mass is 32.2. The Balaban J connectivity index is 1.32. The Morgan fingerprint density at radius 3 is 2.78 bits per heavy atom. The zero-order chi connectivity index (χ0) is 18.5. The first-order valence-corrected chi connectivity index (χ1v) is 11.6. The molecule has 2 heterocycles. The van der Waals surface area contributed by atoms with Crippen molar-refractivity contribution in [2.24, 2.45) is 0 Å². The van der Waals surface area contributed by atoms with Crippen molar-refractivity contribution in [1.29, 1.82) is 0 Å². The van der Waals surface area contributed by atoms with Gasteiger partial charge in [-0.05, 0) is 25.0 Å². The molecule has 1 aromatic heterocycles. The molecule has 1 N–H and O–H groups in total. The molecule has 5 nitrogen and oxygen atoms in total. The Morgan fingerprint density at radius 1 is 1.22 bits per heavy atom. The molecule has 4 rings (SSSR count). The Labute approximate surface area is 168 Å². The molecule has 1 amide bonds. The molecule has 7 heteroatoms. The van der Waals surface area contributed by atoms with Crippen molar-refractivity contribution in [3.63, 3.8) is 0 Å². The molecule has 2 aliphatic rings. The van der Waals surface area contributed by atoms with Crippen molar-refractivity contribution >= 4 is 39.2 Å². The maximum atomic E-state index is 12.5. The fourth-order valence-corrected chi connectivity index (χ4v) is 6.10. The van der Waals surface area contributed by atoms with E-state index in [1.807, 2.05) is 18.2 Å². The molecule has 0 atom stereocenters. The van der Waals surface area contributed by atoms with Gasteiger partial charge in [0.25, 0.3) is 0 Å². The standard InChI is InChI=1S/C20H27N3O2S2/c24-18(14-26-19-22-16-6-2-3-7-17(16)27-19)21-15-20(8-4-1-5-9-20)23-10-12-25-13-11-23/h2-3,6-7H,1,4-5,8-15H2,(H,21,24). The number of rotatable bonds is 6. The summed E-state index contributed by atoms with van der Waals surface area (Å²) in [4.78, 5) is 19.7. The lowest BCUT2D eigenvalue weighted by Gasteiger charge is -2.48. The summed E-state index contributed by atoms with van der Waals surface area (Å²) in [5.74, 6) is 0.538. The third-order valence-electron chi connectivity index (χ3n) is 5.68. The molecule has 0 spiro atoms. The summed E-state index contributed by atoms with van der Waals surface area (Å²) in [6.45, 7) is 4.34. The maximum Gasteiger partial charge on any atom is 0.230 e. The normalized spacial score (nSPS) is 20.6. The number of morpholine rings is 1. The third kappa shape index (κ3) is 4.65. The number of benzene rings is 1. The number of para-hydroxylation sites is 1. The lowest BCUT2D eigenvalue weighted by Crippen LogP contribution is -2.59. The third-order valence-corrected chi connectivity index (χ3v) is 7.86. The molecule has 0 unspecified atom stereocenters. The van der Waals surface area contributed by atoms with E-state index in [2.05, 4.69) is 21.3 Å². The number of hydrogen-bond acceptors (Lipinski definition) is 6. The Kier molecular flexibility index (Phi) is 6.32. The summed E-state index contributed by atoms with van der Waals surface area (Å²) in [7, 11) is 0. The van der Waals surface area contributed by atoms with Gasteiger partial charge < -0.3 is 10.1 Å². The number of carbonyl (C=O) groups is 1. The van der Waals surface area contributed by atoms with Gasteiger partial charge in [-0.25, -0.2) is 4.98 Å². The summed E-state index contributed by atoms with van der Waals surface area (Å²) in [5, 5.41) is 3.23. The summed E-state index contributed by atoms with van der Waals surface area (Å²) >= 11 is 3.19. The Morgan fingerprint density at radius 2 is 2.00 bits per heavy atom. The molecular formula is C20H27N3O2S2. The number of ether oxygens (including phenoxy) is 1. The molecule has 1 saturated carbocycles. The average Bonchev–Trinajstić information content (AvgIpc) is 3.15. The number of amides is 1. The minimum Gasteiger partial charge on any atom is -0.379 e. The van der Waals surface area contributed by atoms with Crippen LogP contribution in [0.2, 0.25) is 0 Å². The van der Waals surface area contributed by atoms with Crippen LogP contribution in [0, 0.1) is 0 Å². The van der Waals surface area contributed by atoms with E-state index in [9.17, 15) is 4.79 Å². The highest BCUT2D eigenvalue weighted by molar-refractivity contribution is 8.01. The van der Waals surface area contributed by atoms with E-state index in [1.54, 1.807) is 11.3 Å². The van der Waals surface area contributed by atoms with E-state index in [4.69, 9.17) is 4.74 Å². The molecule has 2 fully saturated rings. The molecule has 146 valence electrons. The quantitative estimate of drug-likeness (QED) is 0.745. The zero-order valence-corrected chi connectivity index (χ0v) is 17.2. The van der Waals surface area contributed by atoms with Gasteiger partial charge in [0, 0.05) is 25.2 Å². The van der Waals surface area contributed by atoms with E-state index >= 15 is 0 Å². The first-order valence-electron chi connectivity index (χ1n) is 9.83. The second kappa shape index (κ2) is 8.90. The molecule has 27 heavy (non-hydrogen) atoms. The van der Waals surface area contributed by atoms with Crippen LogP contribution in [0.25, 0.3) is 10.2 Å². The van der Waals surface area contributed by atoms with Crippen LogP contribution in [0.5, 0.6) is 0 Å². The van der Waals surface area contributed by atoms with Crippen LogP contribution < -0.4 is 5.32 Å². The number of hydrogen-bond donors (Lipinski definition) is 1. The van der Waals surface area contributed by atoms with Crippen LogP contribution in [0.4, 0.5) is 0 Å². The molecule has 2 aromatic rings. The predicted octanol–water partition coefficient (Wildman–Crippen LogP) is 3.54. The number of nitrogens with zero attached hydrogens (tertiary/aromatic N) is 2. The number of aromatic nitrogens is 1. The Bertz CT molecular complexity index is 734. The van der Waals surface area contributed by atoms with Crippen LogP contribution in [0.3, 0.4) is 0 Å². The lowest BCUT2D eigenvalue weighted by atomic mass is 9.79. The minimum atomic E-state index is 0.109. The number of thiazole rings is 1. The fraction of sp³-hybridized carbons (Fsp3) is 0.600.